The lowest BCUT2D eigenvalue weighted by atomic mass is 9.95. The minimum Gasteiger partial charge on any atom is -0.365 e. The molecule has 1 aliphatic rings. The van der Waals surface area contributed by atoms with Crippen molar-refractivity contribution in [3.05, 3.63) is 33.9 Å². The third-order valence-corrected chi connectivity index (χ3v) is 2.16. The Morgan fingerprint density at radius 1 is 1.64 bits per heavy atom. The van der Waals surface area contributed by atoms with Crippen LogP contribution in [0.3, 0.4) is 0 Å². The van der Waals surface area contributed by atoms with Gasteiger partial charge in [0.1, 0.15) is 0 Å². The van der Waals surface area contributed by atoms with Crippen LogP contribution in [0.2, 0.25) is 0 Å². The molecule has 0 bridgehead atoms. The molecule has 1 aliphatic carbocycles. The van der Waals surface area contributed by atoms with Gasteiger partial charge in [-0.2, -0.15) is 0 Å². The zero-order chi connectivity index (χ0) is 10.6. The van der Waals surface area contributed by atoms with Crippen molar-refractivity contribution in [2.75, 3.05) is 0 Å². The van der Waals surface area contributed by atoms with Crippen LogP contribution in [0.15, 0.2) is 23.8 Å². The maximum atomic E-state index is 10.5. The smallest absolute Gasteiger partial charge is 0.217 e. The summed E-state index contributed by atoms with van der Waals surface area (Å²) in [6, 6.07) is -0.532. The first-order valence-electron chi connectivity index (χ1n) is 4.46. The Morgan fingerprint density at radius 2 is 2.36 bits per heavy atom. The quantitative estimate of drug-likeness (QED) is 0.396. The highest BCUT2D eigenvalue weighted by Gasteiger charge is 2.23. The van der Waals surface area contributed by atoms with E-state index in [0.29, 0.717) is 19.3 Å². The molecule has 0 aromatic rings. The highest BCUT2D eigenvalue weighted by atomic mass is 16.6. The standard InChI is InChI=1S/C9H13NO4/c11-9(12)5-4-7-2-1-3-8(6-7)10(13)14/h2,4-5,8-9,11-12H,1,3,6H2. The van der Waals surface area contributed by atoms with Crippen molar-refractivity contribution in [1.29, 1.82) is 0 Å². The predicted molar refractivity (Wildman–Crippen MR) is 50.1 cm³/mol. The number of rotatable bonds is 3. The van der Waals surface area contributed by atoms with Gasteiger partial charge >= 0.3 is 0 Å². The van der Waals surface area contributed by atoms with E-state index in [0.717, 1.165) is 5.57 Å². The van der Waals surface area contributed by atoms with E-state index in [1.165, 1.54) is 12.2 Å². The maximum absolute atomic E-state index is 10.5. The normalized spacial score (nSPS) is 22.8. The fourth-order valence-corrected chi connectivity index (χ4v) is 1.44. The van der Waals surface area contributed by atoms with Gasteiger partial charge in [-0.3, -0.25) is 10.1 Å². The van der Waals surface area contributed by atoms with Crippen LogP contribution in [-0.2, 0) is 0 Å². The fourth-order valence-electron chi connectivity index (χ4n) is 1.44. The van der Waals surface area contributed by atoms with Gasteiger partial charge in [-0.25, -0.2) is 0 Å². The lowest BCUT2D eigenvalue weighted by Gasteiger charge is -2.14. The lowest BCUT2D eigenvalue weighted by Crippen LogP contribution is -2.21. The van der Waals surface area contributed by atoms with E-state index in [1.54, 1.807) is 0 Å². The molecule has 1 atom stereocenters. The average Bonchev–Trinajstić information content (AvgIpc) is 2.15. The molecular formula is C9H13NO4. The zero-order valence-electron chi connectivity index (χ0n) is 7.67. The van der Waals surface area contributed by atoms with Crippen molar-refractivity contribution < 1.29 is 15.1 Å². The van der Waals surface area contributed by atoms with Crippen LogP contribution >= 0.6 is 0 Å². The van der Waals surface area contributed by atoms with E-state index in [-0.39, 0.29) is 4.92 Å². The van der Waals surface area contributed by atoms with Crippen molar-refractivity contribution >= 4 is 0 Å². The molecule has 0 heterocycles. The molecular weight excluding hydrogens is 186 g/mol. The van der Waals surface area contributed by atoms with Crippen LogP contribution in [0, 0.1) is 10.1 Å². The molecule has 2 N–H and O–H groups in total. The van der Waals surface area contributed by atoms with Gasteiger partial charge in [0.2, 0.25) is 6.04 Å². The summed E-state index contributed by atoms with van der Waals surface area (Å²) in [4.78, 5) is 10.2. The van der Waals surface area contributed by atoms with Crippen molar-refractivity contribution in [3.63, 3.8) is 0 Å². The van der Waals surface area contributed by atoms with Crippen LogP contribution in [0.4, 0.5) is 0 Å². The highest BCUT2D eigenvalue weighted by Crippen LogP contribution is 2.21. The zero-order valence-corrected chi connectivity index (χ0v) is 7.67. The molecule has 0 aromatic heterocycles. The summed E-state index contributed by atoms with van der Waals surface area (Å²) in [5, 5.41) is 27.6. The molecule has 14 heavy (non-hydrogen) atoms. The van der Waals surface area contributed by atoms with Gasteiger partial charge in [0.25, 0.3) is 0 Å². The summed E-state index contributed by atoms with van der Waals surface area (Å²) in [6.45, 7) is 0. The van der Waals surface area contributed by atoms with Gasteiger partial charge in [0.15, 0.2) is 6.29 Å². The van der Waals surface area contributed by atoms with Crippen LogP contribution in [0.5, 0.6) is 0 Å². The van der Waals surface area contributed by atoms with Crippen molar-refractivity contribution in [2.45, 2.75) is 31.6 Å². The number of hydrogen-bond acceptors (Lipinski definition) is 4. The lowest BCUT2D eigenvalue weighted by molar-refractivity contribution is -0.523. The number of allylic oxidation sites excluding steroid dienone is 2. The summed E-state index contributed by atoms with van der Waals surface area (Å²) in [5.74, 6) is 0. The summed E-state index contributed by atoms with van der Waals surface area (Å²) in [5.41, 5.74) is 0.797. The Balaban J connectivity index is 2.55. The molecule has 0 spiro atoms. The topological polar surface area (TPSA) is 83.6 Å². The summed E-state index contributed by atoms with van der Waals surface area (Å²) in [7, 11) is 0. The monoisotopic (exact) mass is 199 g/mol. The second-order valence-electron chi connectivity index (χ2n) is 3.27. The Hall–Kier alpha value is -1.20. The molecule has 0 aliphatic heterocycles. The molecule has 0 amide bonds. The molecule has 0 fully saturated rings. The first-order valence-corrected chi connectivity index (χ1v) is 4.46. The average molecular weight is 199 g/mol. The van der Waals surface area contributed by atoms with Gasteiger partial charge < -0.3 is 10.2 Å². The van der Waals surface area contributed by atoms with Crippen LogP contribution in [0.25, 0.3) is 0 Å². The predicted octanol–water partition coefficient (Wildman–Crippen LogP) is 0.609. The molecule has 5 heteroatoms. The fraction of sp³-hybridized carbons (Fsp3) is 0.556. The van der Waals surface area contributed by atoms with Crippen molar-refractivity contribution in [2.24, 2.45) is 0 Å². The van der Waals surface area contributed by atoms with E-state index in [9.17, 15) is 10.1 Å². The molecule has 0 saturated heterocycles. The molecule has 78 valence electrons. The molecule has 5 nitrogen and oxygen atoms in total. The molecule has 1 rings (SSSR count). The van der Waals surface area contributed by atoms with Gasteiger partial charge in [0, 0.05) is 17.8 Å². The maximum Gasteiger partial charge on any atom is 0.217 e. The van der Waals surface area contributed by atoms with Crippen molar-refractivity contribution in [1.82, 2.24) is 0 Å². The van der Waals surface area contributed by atoms with Gasteiger partial charge in [-0.1, -0.05) is 12.2 Å². The Bertz CT molecular complexity index is 270. The van der Waals surface area contributed by atoms with Gasteiger partial charge in [0.05, 0.1) is 0 Å². The number of nitrogens with zero attached hydrogens (tertiary/aromatic N) is 1. The van der Waals surface area contributed by atoms with Gasteiger partial charge in [-0.05, 0) is 18.1 Å². The summed E-state index contributed by atoms with van der Waals surface area (Å²) < 4.78 is 0. The summed E-state index contributed by atoms with van der Waals surface area (Å²) in [6.07, 6.45) is 4.73. The van der Waals surface area contributed by atoms with E-state index >= 15 is 0 Å². The molecule has 1 unspecified atom stereocenters. The Kier molecular flexibility index (Phi) is 3.79. The second-order valence-corrected chi connectivity index (χ2v) is 3.27. The SMILES string of the molecule is O=[N+]([O-])C1CCC=C(C=CC(O)O)C1. The number of aliphatic hydroxyl groups is 2. The van der Waals surface area contributed by atoms with E-state index in [1.807, 2.05) is 6.08 Å². The van der Waals surface area contributed by atoms with Crippen LogP contribution in [0.1, 0.15) is 19.3 Å². The van der Waals surface area contributed by atoms with Crippen LogP contribution < -0.4 is 0 Å². The number of aliphatic hydroxyl groups excluding tert-OH is 1. The number of hydrogen-bond donors (Lipinski definition) is 2. The van der Waals surface area contributed by atoms with Crippen molar-refractivity contribution in [3.8, 4) is 0 Å². The largest absolute Gasteiger partial charge is 0.365 e. The number of nitro groups is 1. The first kappa shape index (κ1) is 10.9. The minimum atomic E-state index is -1.49. The first-order chi connectivity index (χ1) is 6.59. The highest BCUT2D eigenvalue weighted by molar-refractivity contribution is 5.21. The second kappa shape index (κ2) is 4.88. The van der Waals surface area contributed by atoms with Crippen LogP contribution in [-0.4, -0.2) is 27.5 Å². The Labute approximate surface area is 81.5 Å². The minimum absolute atomic E-state index is 0.282. The summed E-state index contributed by atoms with van der Waals surface area (Å²) >= 11 is 0. The van der Waals surface area contributed by atoms with Gasteiger partial charge in [-0.15, -0.1) is 0 Å². The molecule has 0 saturated carbocycles. The van der Waals surface area contributed by atoms with E-state index in [4.69, 9.17) is 10.2 Å². The molecule has 0 aromatic carbocycles. The third kappa shape index (κ3) is 3.27. The van der Waals surface area contributed by atoms with E-state index in [2.05, 4.69) is 0 Å². The Morgan fingerprint density at radius 3 is 2.93 bits per heavy atom. The third-order valence-electron chi connectivity index (χ3n) is 2.16. The molecule has 0 radical (unpaired) electrons. The van der Waals surface area contributed by atoms with E-state index < -0.39 is 12.3 Å².